The van der Waals surface area contributed by atoms with Crippen LogP contribution in [0.15, 0.2) is 42.5 Å². The number of fused-ring (bicyclic) bond motifs is 2. The van der Waals surface area contributed by atoms with Gasteiger partial charge in [0.15, 0.2) is 0 Å². The van der Waals surface area contributed by atoms with Crippen LogP contribution in [0.4, 0.5) is 10.1 Å². The molecule has 184 valence electrons. The highest BCUT2D eigenvalue weighted by atomic mass is 79.9. The molecule has 2 N–H and O–H groups in total. The highest BCUT2D eigenvalue weighted by Crippen LogP contribution is 2.66. The molecule has 8 heteroatoms. The molecule has 6 rings (SSSR count). The number of rotatable bonds is 7. The molecule has 2 unspecified atom stereocenters. The van der Waals surface area contributed by atoms with E-state index in [2.05, 4.69) is 28.7 Å². The summed E-state index contributed by atoms with van der Waals surface area (Å²) in [4.78, 5) is 2.34. The van der Waals surface area contributed by atoms with Crippen molar-refractivity contribution in [3.8, 4) is 0 Å². The van der Waals surface area contributed by atoms with Crippen molar-refractivity contribution >= 4 is 32.7 Å². The van der Waals surface area contributed by atoms with Gasteiger partial charge < -0.3 is 5.11 Å². The van der Waals surface area contributed by atoms with Crippen LogP contribution in [0, 0.1) is 17.7 Å². The van der Waals surface area contributed by atoms with Crippen LogP contribution in [0.1, 0.15) is 42.9 Å². The van der Waals surface area contributed by atoms with Gasteiger partial charge in [0.1, 0.15) is 5.82 Å². The maximum atomic E-state index is 15.0. The molecular weight excluding hydrogens is 519 g/mol. The van der Waals surface area contributed by atoms with Gasteiger partial charge in [0, 0.05) is 43.6 Å². The zero-order valence-electron chi connectivity index (χ0n) is 19.3. The number of hydrogen-bond donors (Lipinski definition) is 2. The van der Waals surface area contributed by atoms with Crippen LogP contribution >= 0.6 is 17.0 Å². The van der Waals surface area contributed by atoms with Crippen molar-refractivity contribution in [3.63, 3.8) is 0 Å². The number of nitrogens with one attached hydrogen (secondary N) is 1. The fourth-order valence-corrected chi connectivity index (χ4v) is 8.21. The lowest BCUT2D eigenvalue weighted by Crippen LogP contribution is -2.45. The van der Waals surface area contributed by atoms with E-state index in [1.165, 1.54) is 23.3 Å². The topological polar surface area (TPSA) is 69.6 Å². The summed E-state index contributed by atoms with van der Waals surface area (Å²) < 4.78 is 42.4. The molecule has 0 aromatic heterocycles. The molecule has 2 aromatic rings. The number of piperidine rings is 1. The van der Waals surface area contributed by atoms with Crippen molar-refractivity contribution in [1.29, 1.82) is 0 Å². The van der Waals surface area contributed by atoms with E-state index in [0.717, 1.165) is 19.5 Å². The van der Waals surface area contributed by atoms with E-state index < -0.39 is 15.6 Å². The Morgan fingerprint density at radius 2 is 1.71 bits per heavy atom. The van der Waals surface area contributed by atoms with Crippen LogP contribution in [0.25, 0.3) is 0 Å². The zero-order chi connectivity index (χ0) is 23.0. The molecule has 2 aromatic carbocycles. The first kappa shape index (κ1) is 24.2. The third kappa shape index (κ3) is 3.91. The second-order valence-electron chi connectivity index (χ2n) is 10.7. The normalized spacial score (nSPS) is 29.3. The smallest absolute Gasteiger partial charge is 0.235 e. The lowest BCUT2D eigenvalue weighted by atomic mass is 9.86. The van der Waals surface area contributed by atoms with Crippen LogP contribution in [0.5, 0.6) is 0 Å². The fourth-order valence-electron chi connectivity index (χ4n) is 6.83. The molecule has 3 fully saturated rings. The summed E-state index contributed by atoms with van der Waals surface area (Å²) in [6.45, 7) is 4.42. The van der Waals surface area contributed by atoms with Crippen molar-refractivity contribution < 1.29 is 17.9 Å². The summed E-state index contributed by atoms with van der Waals surface area (Å²) in [5.74, 6) is 0.413. The highest BCUT2D eigenvalue weighted by Gasteiger charge is 2.68. The molecular formula is C26H32BrFN2O3S. The van der Waals surface area contributed by atoms with E-state index in [4.69, 9.17) is 0 Å². The average Bonchev–Trinajstić information content (AvgIpc) is 3.64. The predicted octanol–water partition coefficient (Wildman–Crippen LogP) is 4.05. The number of nitrogens with zero attached hydrogens (tertiary/aromatic N) is 1. The van der Waals surface area contributed by atoms with Gasteiger partial charge in [-0.25, -0.2) is 12.8 Å². The van der Waals surface area contributed by atoms with Crippen molar-refractivity contribution in [2.24, 2.45) is 11.8 Å². The molecule has 1 aliphatic heterocycles. The average molecular weight is 552 g/mol. The van der Waals surface area contributed by atoms with Crippen LogP contribution in [0.2, 0.25) is 0 Å². The first-order valence-corrected chi connectivity index (χ1v) is 13.6. The maximum Gasteiger partial charge on any atom is 0.235 e. The number of halogens is 2. The van der Waals surface area contributed by atoms with E-state index >= 15 is 4.39 Å². The molecule has 3 aliphatic carbocycles. The van der Waals surface area contributed by atoms with Gasteiger partial charge in [0.2, 0.25) is 10.0 Å². The minimum absolute atomic E-state index is 0. The van der Waals surface area contributed by atoms with Crippen LogP contribution < -0.4 is 4.72 Å². The Morgan fingerprint density at radius 1 is 1.09 bits per heavy atom. The number of likely N-dealkylation sites (tertiary alicyclic amines) is 1. The quantitative estimate of drug-likeness (QED) is 0.545. The van der Waals surface area contributed by atoms with E-state index in [-0.39, 0.29) is 33.5 Å². The molecule has 0 radical (unpaired) electrons. The van der Waals surface area contributed by atoms with E-state index in [1.807, 2.05) is 12.1 Å². The second kappa shape index (κ2) is 8.29. The van der Waals surface area contributed by atoms with Gasteiger partial charge in [0.05, 0.1) is 10.9 Å². The molecule has 0 spiro atoms. The predicted molar refractivity (Wildman–Crippen MR) is 136 cm³/mol. The number of sulfonamides is 1. The van der Waals surface area contributed by atoms with Crippen molar-refractivity contribution in [2.45, 2.75) is 55.3 Å². The Labute approximate surface area is 211 Å². The summed E-state index contributed by atoms with van der Waals surface area (Å²) in [5.41, 5.74) is 2.60. The summed E-state index contributed by atoms with van der Waals surface area (Å²) in [6, 6.07) is 12.9. The van der Waals surface area contributed by atoms with E-state index in [9.17, 15) is 13.5 Å². The molecule has 1 heterocycles. The van der Waals surface area contributed by atoms with Gasteiger partial charge in [-0.1, -0.05) is 31.2 Å². The Hall–Kier alpha value is -1.48. The Bertz CT molecular complexity index is 1180. The largest absolute Gasteiger partial charge is 0.388 e. The molecule has 0 amide bonds. The third-order valence-electron chi connectivity index (χ3n) is 8.56. The molecule has 0 bridgehead atoms. The number of aliphatic hydroxyl groups is 1. The summed E-state index contributed by atoms with van der Waals surface area (Å²) >= 11 is 0. The standard InChI is InChI=1S/C26H31FN2O3S.BrH/c1-2-26(21-11-19(7-10-24(21)27)28-33(31,32)20-8-9-20)22-14-29(15-23(22)26)16-25(30)12-17-5-3-4-6-18(17)13-25;/h3-7,10-11,20,22-23,28,30H,2,8-9,12-16H2,1H3;1H. The second-order valence-corrected chi connectivity index (χ2v) is 12.6. The lowest BCUT2D eigenvalue weighted by Gasteiger charge is -2.32. The monoisotopic (exact) mass is 550 g/mol. The number of hydrogen-bond acceptors (Lipinski definition) is 4. The third-order valence-corrected chi connectivity index (χ3v) is 10.4. The number of β-amino-alcohol motifs (C(OH)–C–C–N with tert-alkyl or cyclic N) is 1. The van der Waals surface area contributed by atoms with Crippen molar-refractivity contribution in [2.75, 3.05) is 24.4 Å². The summed E-state index contributed by atoms with van der Waals surface area (Å²) in [6.07, 6.45) is 3.58. The van der Waals surface area contributed by atoms with Crippen LogP contribution in [-0.4, -0.2) is 48.9 Å². The minimum Gasteiger partial charge on any atom is -0.388 e. The van der Waals surface area contributed by atoms with Gasteiger partial charge >= 0.3 is 0 Å². The maximum absolute atomic E-state index is 15.0. The molecule has 1 saturated heterocycles. The molecule has 34 heavy (non-hydrogen) atoms. The Kier molecular flexibility index (Phi) is 5.90. The van der Waals surface area contributed by atoms with Crippen molar-refractivity contribution in [3.05, 3.63) is 65.0 Å². The van der Waals surface area contributed by atoms with E-state index in [1.54, 1.807) is 6.07 Å². The van der Waals surface area contributed by atoms with Gasteiger partial charge in [-0.3, -0.25) is 9.62 Å². The SMILES string of the molecule is Br.CCC1(c2cc(NS(=O)(=O)C3CC3)ccc2F)C2CN(CC3(O)Cc4ccccc4C3)CC21. The highest BCUT2D eigenvalue weighted by molar-refractivity contribution is 8.93. The van der Waals surface area contributed by atoms with Gasteiger partial charge in [-0.15, -0.1) is 17.0 Å². The van der Waals surface area contributed by atoms with E-state index in [0.29, 0.717) is 55.3 Å². The summed E-state index contributed by atoms with van der Waals surface area (Å²) in [7, 11) is -3.38. The Morgan fingerprint density at radius 3 is 2.26 bits per heavy atom. The molecule has 2 atom stereocenters. The first-order chi connectivity index (χ1) is 15.7. The lowest BCUT2D eigenvalue weighted by molar-refractivity contribution is 0.0138. The number of anilines is 1. The molecule has 2 saturated carbocycles. The Balaban J connectivity index is 0.00000241. The van der Waals surface area contributed by atoms with Gasteiger partial charge in [-0.2, -0.15) is 0 Å². The molecule has 5 nitrogen and oxygen atoms in total. The van der Waals surface area contributed by atoms with Crippen molar-refractivity contribution in [1.82, 2.24) is 4.90 Å². The zero-order valence-corrected chi connectivity index (χ0v) is 21.9. The van der Waals surface area contributed by atoms with Gasteiger partial charge in [-0.05, 0) is 66.0 Å². The molecule has 4 aliphatic rings. The minimum atomic E-state index is -3.38. The summed E-state index contributed by atoms with van der Waals surface area (Å²) in [5, 5.41) is 10.9. The van der Waals surface area contributed by atoms with Crippen LogP contribution in [0.3, 0.4) is 0 Å². The van der Waals surface area contributed by atoms with Gasteiger partial charge in [0.25, 0.3) is 0 Å². The first-order valence-electron chi connectivity index (χ1n) is 12.1. The fraction of sp³-hybridized carbons (Fsp3) is 0.538. The van der Waals surface area contributed by atoms with Crippen LogP contribution in [-0.2, 0) is 28.3 Å². The number of benzene rings is 2.